The first-order valence-corrected chi connectivity index (χ1v) is 17.2. The lowest BCUT2D eigenvalue weighted by molar-refractivity contribution is 0.669. The van der Waals surface area contributed by atoms with Crippen LogP contribution in [0.25, 0.3) is 111 Å². The maximum atomic E-state index is 6.59. The Labute approximate surface area is 296 Å². The third kappa shape index (κ3) is 4.31. The molecule has 0 amide bonds. The minimum absolute atomic E-state index is 0.553. The molecule has 0 unspecified atom stereocenters. The first kappa shape index (κ1) is 28.6. The second-order valence-electron chi connectivity index (χ2n) is 13.0. The fourth-order valence-corrected chi connectivity index (χ4v) is 7.65. The molecule has 0 N–H and O–H groups in total. The van der Waals surface area contributed by atoms with Crippen LogP contribution in [0.15, 0.2) is 167 Å². The van der Waals surface area contributed by atoms with Gasteiger partial charge in [0.25, 0.3) is 0 Å². The van der Waals surface area contributed by atoms with Crippen LogP contribution in [0.2, 0.25) is 0 Å². The number of hydrogen-bond acceptors (Lipinski definition) is 6. The van der Waals surface area contributed by atoms with Crippen molar-refractivity contribution in [1.29, 1.82) is 0 Å². The molecule has 11 rings (SSSR count). The van der Waals surface area contributed by atoms with Gasteiger partial charge in [-0.3, -0.25) is 4.98 Å². The highest BCUT2D eigenvalue weighted by Gasteiger charge is 2.23. The quantitative estimate of drug-likeness (QED) is 0.186. The molecule has 11 aromatic rings. The van der Waals surface area contributed by atoms with Crippen LogP contribution in [-0.4, -0.2) is 19.9 Å². The van der Waals surface area contributed by atoms with E-state index in [0.717, 1.165) is 93.4 Å². The molecule has 0 aliphatic heterocycles. The molecule has 242 valence electrons. The molecule has 4 heterocycles. The Kier molecular flexibility index (Phi) is 6.15. The molecule has 0 spiro atoms. The zero-order valence-electron chi connectivity index (χ0n) is 27.6. The molecule has 52 heavy (non-hydrogen) atoms. The summed E-state index contributed by atoms with van der Waals surface area (Å²) < 4.78 is 12.9. The summed E-state index contributed by atoms with van der Waals surface area (Å²) in [5.74, 6) is 1.69. The number of hydrogen-bond donors (Lipinski definition) is 0. The van der Waals surface area contributed by atoms with Gasteiger partial charge in [-0.15, -0.1) is 0 Å². The number of pyridine rings is 1. The average molecular weight is 667 g/mol. The van der Waals surface area contributed by atoms with Crippen LogP contribution in [0.1, 0.15) is 0 Å². The van der Waals surface area contributed by atoms with E-state index in [9.17, 15) is 0 Å². The van der Waals surface area contributed by atoms with E-state index in [1.165, 1.54) is 0 Å². The van der Waals surface area contributed by atoms with Crippen molar-refractivity contribution < 1.29 is 8.83 Å². The number of para-hydroxylation sites is 1. The van der Waals surface area contributed by atoms with E-state index in [4.69, 9.17) is 28.8 Å². The summed E-state index contributed by atoms with van der Waals surface area (Å²) in [6, 6.07) is 51.4. The van der Waals surface area contributed by atoms with Gasteiger partial charge in [0, 0.05) is 50.0 Å². The highest BCUT2D eigenvalue weighted by molar-refractivity contribution is 6.20. The summed E-state index contributed by atoms with van der Waals surface area (Å²) in [6.45, 7) is 0. The third-order valence-corrected chi connectivity index (χ3v) is 9.99. The molecule has 0 aliphatic rings. The van der Waals surface area contributed by atoms with Crippen LogP contribution in [-0.2, 0) is 0 Å². The summed E-state index contributed by atoms with van der Waals surface area (Å²) in [4.78, 5) is 20.8. The molecule has 0 fully saturated rings. The van der Waals surface area contributed by atoms with Gasteiger partial charge in [0.2, 0.25) is 0 Å². The van der Waals surface area contributed by atoms with Gasteiger partial charge >= 0.3 is 0 Å². The van der Waals surface area contributed by atoms with Gasteiger partial charge in [0.05, 0.1) is 11.1 Å². The van der Waals surface area contributed by atoms with Crippen LogP contribution in [0.4, 0.5) is 0 Å². The van der Waals surface area contributed by atoms with E-state index in [1.807, 2.05) is 85.1 Å². The molecule has 0 bridgehead atoms. The monoisotopic (exact) mass is 666 g/mol. The molecule has 4 aromatic heterocycles. The summed E-state index contributed by atoms with van der Waals surface area (Å²) in [6.07, 6.45) is 1.82. The Morgan fingerprint density at radius 1 is 0.385 bits per heavy atom. The van der Waals surface area contributed by atoms with Gasteiger partial charge in [0.1, 0.15) is 22.3 Å². The van der Waals surface area contributed by atoms with E-state index in [0.29, 0.717) is 17.5 Å². The highest BCUT2D eigenvalue weighted by atomic mass is 16.3. The normalized spacial score (nSPS) is 11.8. The molecule has 0 atom stereocenters. The minimum Gasteiger partial charge on any atom is -0.456 e. The molecule has 0 saturated heterocycles. The fraction of sp³-hybridized carbons (Fsp3) is 0. The van der Waals surface area contributed by atoms with Crippen molar-refractivity contribution in [3.05, 3.63) is 158 Å². The molecular weight excluding hydrogens is 641 g/mol. The average Bonchev–Trinajstić information content (AvgIpc) is 3.80. The predicted octanol–water partition coefficient (Wildman–Crippen LogP) is 12.0. The molecular formula is C46H26N4O2. The van der Waals surface area contributed by atoms with Crippen LogP contribution in [0.5, 0.6) is 0 Å². The van der Waals surface area contributed by atoms with Gasteiger partial charge in [0.15, 0.2) is 17.5 Å². The smallest absolute Gasteiger partial charge is 0.165 e. The molecule has 0 radical (unpaired) electrons. The lowest BCUT2D eigenvalue weighted by Gasteiger charge is -2.15. The van der Waals surface area contributed by atoms with Crippen molar-refractivity contribution in [2.75, 3.05) is 0 Å². The van der Waals surface area contributed by atoms with Crippen molar-refractivity contribution in [2.24, 2.45) is 0 Å². The van der Waals surface area contributed by atoms with E-state index < -0.39 is 0 Å². The first-order chi connectivity index (χ1) is 25.8. The van der Waals surface area contributed by atoms with Crippen LogP contribution < -0.4 is 0 Å². The Morgan fingerprint density at radius 3 is 1.94 bits per heavy atom. The Hall–Kier alpha value is -7.18. The number of rotatable bonds is 4. The molecule has 0 aliphatic carbocycles. The largest absolute Gasteiger partial charge is 0.456 e. The zero-order valence-corrected chi connectivity index (χ0v) is 27.6. The summed E-state index contributed by atoms with van der Waals surface area (Å²) in [5, 5.41) is 8.22. The number of nitrogens with zero attached hydrogens (tertiary/aromatic N) is 4. The second-order valence-corrected chi connectivity index (χ2v) is 13.0. The van der Waals surface area contributed by atoms with E-state index >= 15 is 0 Å². The van der Waals surface area contributed by atoms with Crippen LogP contribution in [0, 0.1) is 0 Å². The van der Waals surface area contributed by atoms with E-state index in [2.05, 4.69) is 72.8 Å². The summed E-state index contributed by atoms with van der Waals surface area (Å²) in [7, 11) is 0. The Morgan fingerprint density at radius 2 is 1.06 bits per heavy atom. The van der Waals surface area contributed by atoms with Crippen molar-refractivity contribution in [3.63, 3.8) is 0 Å². The van der Waals surface area contributed by atoms with Gasteiger partial charge in [-0.1, -0.05) is 127 Å². The molecule has 6 heteroatoms. The van der Waals surface area contributed by atoms with Crippen LogP contribution >= 0.6 is 0 Å². The van der Waals surface area contributed by atoms with Gasteiger partial charge in [-0.2, -0.15) is 0 Å². The number of furan rings is 2. The van der Waals surface area contributed by atoms with E-state index in [-0.39, 0.29) is 0 Å². The fourth-order valence-electron chi connectivity index (χ4n) is 7.65. The third-order valence-electron chi connectivity index (χ3n) is 9.99. The molecule has 0 saturated carbocycles. The lowest BCUT2D eigenvalue weighted by Crippen LogP contribution is -2.02. The minimum atomic E-state index is 0.553. The van der Waals surface area contributed by atoms with Gasteiger partial charge < -0.3 is 8.83 Å². The van der Waals surface area contributed by atoms with Crippen LogP contribution in [0.3, 0.4) is 0 Å². The number of benzene rings is 7. The topological polar surface area (TPSA) is 77.8 Å². The molecule has 6 nitrogen and oxygen atoms in total. The summed E-state index contributed by atoms with van der Waals surface area (Å²) in [5.41, 5.74) is 7.57. The number of fused-ring (bicyclic) bond motifs is 9. The molecule has 7 aromatic carbocycles. The number of aromatic nitrogens is 4. The van der Waals surface area contributed by atoms with E-state index in [1.54, 1.807) is 0 Å². The first-order valence-electron chi connectivity index (χ1n) is 17.2. The van der Waals surface area contributed by atoms with Gasteiger partial charge in [-0.05, 0) is 40.4 Å². The standard InChI is InChI=1S/C46H26N4O2/c1-2-13-29(14-3-1)44-48-45(35-18-10-20-37-39(35)32-17-8-9-19-36(32)51-37)50-46(49-44)40-30-15-6-4-11-27(30)21-23-33(40)42-41-34-24-22-28-12-5-7-16-31(28)43(34)52-38(41)25-26-47-42/h1-26H. The maximum absolute atomic E-state index is 6.59. The SMILES string of the molecule is c1ccc(-c2nc(-c3c(-c4nccc5oc6c7ccccc7ccc6c45)ccc4ccccc34)nc(-c3cccc4oc5ccccc5c34)n2)cc1. The Bertz CT molecular complexity index is 3200. The maximum Gasteiger partial charge on any atom is 0.165 e. The van der Waals surface area contributed by atoms with Crippen molar-refractivity contribution in [3.8, 4) is 45.4 Å². The highest BCUT2D eigenvalue weighted by Crippen LogP contribution is 2.44. The van der Waals surface area contributed by atoms with Crippen molar-refractivity contribution in [1.82, 2.24) is 19.9 Å². The zero-order chi connectivity index (χ0) is 34.2. The second kappa shape index (κ2) is 11.2. The van der Waals surface area contributed by atoms with Crippen molar-refractivity contribution in [2.45, 2.75) is 0 Å². The van der Waals surface area contributed by atoms with Gasteiger partial charge in [-0.25, -0.2) is 15.0 Å². The predicted molar refractivity (Wildman–Crippen MR) is 209 cm³/mol. The summed E-state index contributed by atoms with van der Waals surface area (Å²) >= 11 is 0. The Balaban J connectivity index is 1.24. The lowest BCUT2D eigenvalue weighted by atomic mass is 9.93. The van der Waals surface area contributed by atoms with Crippen molar-refractivity contribution >= 4 is 65.4 Å².